The number of aryl methyl sites for hydroxylation is 1. The third-order valence-electron chi connectivity index (χ3n) is 4.28. The molecule has 0 heterocycles. The molecule has 27 heavy (non-hydrogen) atoms. The predicted molar refractivity (Wildman–Crippen MR) is 114 cm³/mol. The lowest BCUT2D eigenvalue weighted by Crippen LogP contribution is -2.03. The van der Waals surface area contributed by atoms with Crippen molar-refractivity contribution in [3.63, 3.8) is 0 Å². The summed E-state index contributed by atoms with van der Waals surface area (Å²) in [5, 5.41) is 0.638. The maximum atomic E-state index is 12.9. The highest BCUT2D eigenvalue weighted by Crippen LogP contribution is 2.29. The monoisotopic (exact) mass is 442 g/mol. The van der Waals surface area contributed by atoms with Crippen LogP contribution in [0.3, 0.4) is 0 Å². The average Bonchev–Trinajstić information content (AvgIpc) is 2.69. The maximum absolute atomic E-state index is 12.9. The minimum atomic E-state index is -0.0722. The normalized spacial score (nSPS) is 10.6. The van der Waals surface area contributed by atoms with Gasteiger partial charge in [0.2, 0.25) is 0 Å². The molecule has 0 spiro atoms. The first-order valence-corrected chi connectivity index (χ1v) is 10.1. The Morgan fingerprint density at radius 2 is 1.67 bits per heavy atom. The number of unbranched alkanes of at least 4 members (excludes halogenated alkanes) is 1. The zero-order chi connectivity index (χ0) is 19.2. The molecule has 3 aromatic carbocycles. The molecule has 0 aromatic heterocycles. The summed E-state index contributed by atoms with van der Waals surface area (Å²) in [6.45, 7) is 2.14. The quantitative estimate of drug-likeness (QED) is 0.354. The second-order valence-electron chi connectivity index (χ2n) is 6.30. The van der Waals surface area contributed by atoms with Crippen molar-refractivity contribution in [3.05, 3.63) is 92.9 Å². The molecule has 0 amide bonds. The molecule has 0 aliphatic carbocycles. The lowest BCUT2D eigenvalue weighted by Gasteiger charge is -2.10. The Hall–Kier alpha value is -2.10. The van der Waals surface area contributed by atoms with Crippen LogP contribution in [0.15, 0.2) is 71.2 Å². The summed E-state index contributed by atoms with van der Waals surface area (Å²) in [4.78, 5) is 12.9. The largest absolute Gasteiger partial charge is 0.457 e. The van der Waals surface area contributed by atoms with Crippen LogP contribution in [0.25, 0.3) is 0 Å². The Labute approximate surface area is 173 Å². The lowest BCUT2D eigenvalue weighted by atomic mass is 10.00. The van der Waals surface area contributed by atoms with E-state index in [1.807, 2.05) is 36.4 Å². The van der Waals surface area contributed by atoms with Gasteiger partial charge in [0.05, 0.1) is 0 Å². The van der Waals surface area contributed by atoms with E-state index < -0.39 is 0 Å². The van der Waals surface area contributed by atoms with Gasteiger partial charge in [0.15, 0.2) is 5.78 Å². The molecule has 4 heteroatoms. The topological polar surface area (TPSA) is 26.3 Å². The molecule has 0 saturated carbocycles. The highest BCUT2D eigenvalue weighted by molar-refractivity contribution is 9.10. The summed E-state index contributed by atoms with van der Waals surface area (Å²) in [5.74, 6) is 1.37. The highest BCUT2D eigenvalue weighted by atomic mass is 79.9. The van der Waals surface area contributed by atoms with Crippen molar-refractivity contribution in [1.29, 1.82) is 0 Å². The molecule has 0 unspecified atom stereocenters. The molecule has 3 rings (SSSR count). The summed E-state index contributed by atoms with van der Waals surface area (Å²) >= 11 is 9.92. The van der Waals surface area contributed by atoms with E-state index in [0.29, 0.717) is 21.9 Å². The lowest BCUT2D eigenvalue weighted by molar-refractivity contribution is 0.103. The van der Waals surface area contributed by atoms with Crippen molar-refractivity contribution in [1.82, 2.24) is 0 Å². The molecule has 2 nitrogen and oxygen atoms in total. The van der Waals surface area contributed by atoms with Crippen molar-refractivity contribution in [2.75, 3.05) is 0 Å². The average molecular weight is 444 g/mol. The van der Waals surface area contributed by atoms with E-state index in [2.05, 4.69) is 22.9 Å². The Morgan fingerprint density at radius 1 is 1.00 bits per heavy atom. The summed E-state index contributed by atoms with van der Waals surface area (Å²) in [7, 11) is 0. The van der Waals surface area contributed by atoms with Gasteiger partial charge in [-0.05, 0) is 66.9 Å². The van der Waals surface area contributed by atoms with Crippen LogP contribution in [0.1, 0.15) is 41.3 Å². The molecule has 3 aromatic rings. The number of carbonyl (C=O) groups is 1. The molecule has 0 atom stereocenters. The number of ether oxygens (including phenoxy) is 1. The van der Waals surface area contributed by atoms with Gasteiger partial charge in [-0.15, -0.1) is 0 Å². The van der Waals surface area contributed by atoms with Gasteiger partial charge in [-0.1, -0.05) is 59.1 Å². The van der Waals surface area contributed by atoms with Gasteiger partial charge in [0.25, 0.3) is 0 Å². The zero-order valence-corrected chi connectivity index (χ0v) is 17.4. The SMILES string of the molecule is CCCCc1cc(Br)c(C(=O)c2ccc(Oc3ccccc3)cc2)cc1Cl. The van der Waals surface area contributed by atoms with Crippen molar-refractivity contribution in [2.24, 2.45) is 0 Å². The third kappa shape index (κ3) is 5.00. The highest BCUT2D eigenvalue weighted by Gasteiger charge is 2.15. The van der Waals surface area contributed by atoms with E-state index in [0.717, 1.165) is 35.0 Å². The van der Waals surface area contributed by atoms with Gasteiger partial charge in [-0.2, -0.15) is 0 Å². The molecule has 0 fully saturated rings. The Kier molecular flexibility index (Phi) is 6.70. The van der Waals surface area contributed by atoms with Crippen molar-refractivity contribution in [3.8, 4) is 11.5 Å². The maximum Gasteiger partial charge on any atom is 0.194 e. The van der Waals surface area contributed by atoms with Gasteiger partial charge in [0.1, 0.15) is 11.5 Å². The number of rotatable bonds is 7. The summed E-state index contributed by atoms with van der Waals surface area (Å²) in [5.41, 5.74) is 2.22. The number of ketones is 1. The standard InChI is InChI=1S/C23H20BrClO2/c1-2-3-7-17-14-21(24)20(15-22(17)25)23(26)16-10-12-19(13-11-16)27-18-8-5-4-6-9-18/h4-6,8-15H,2-3,7H2,1H3. The zero-order valence-electron chi connectivity index (χ0n) is 15.0. The van der Waals surface area contributed by atoms with Crippen LogP contribution in [0, 0.1) is 0 Å². The van der Waals surface area contributed by atoms with Crippen LogP contribution in [0.5, 0.6) is 11.5 Å². The summed E-state index contributed by atoms with van der Waals surface area (Å²) in [6.07, 6.45) is 3.09. The van der Waals surface area contributed by atoms with E-state index in [1.54, 1.807) is 30.3 Å². The first-order valence-electron chi connectivity index (χ1n) is 8.94. The van der Waals surface area contributed by atoms with E-state index in [1.165, 1.54) is 0 Å². The number of hydrogen-bond acceptors (Lipinski definition) is 2. The molecule has 0 N–H and O–H groups in total. The smallest absolute Gasteiger partial charge is 0.194 e. The van der Waals surface area contributed by atoms with Crippen LogP contribution in [0.2, 0.25) is 5.02 Å². The number of benzene rings is 3. The Balaban J connectivity index is 1.78. The Bertz CT molecular complexity index is 921. The van der Waals surface area contributed by atoms with E-state index in [4.69, 9.17) is 16.3 Å². The van der Waals surface area contributed by atoms with Crippen molar-refractivity contribution < 1.29 is 9.53 Å². The fourth-order valence-electron chi connectivity index (χ4n) is 2.78. The van der Waals surface area contributed by atoms with Crippen LogP contribution in [-0.2, 0) is 6.42 Å². The first kappa shape index (κ1) is 19.7. The third-order valence-corrected chi connectivity index (χ3v) is 5.28. The molecule has 0 aliphatic rings. The molecular formula is C23H20BrClO2. The van der Waals surface area contributed by atoms with Crippen molar-refractivity contribution >= 4 is 33.3 Å². The van der Waals surface area contributed by atoms with E-state index in [9.17, 15) is 4.79 Å². The predicted octanol–water partition coefficient (Wildman–Crippen LogP) is 7.47. The fourth-order valence-corrected chi connectivity index (χ4v) is 3.60. The number of halogens is 2. The second-order valence-corrected chi connectivity index (χ2v) is 7.56. The van der Waals surface area contributed by atoms with E-state index in [-0.39, 0.29) is 5.78 Å². The van der Waals surface area contributed by atoms with Crippen LogP contribution in [-0.4, -0.2) is 5.78 Å². The Morgan fingerprint density at radius 3 is 2.33 bits per heavy atom. The molecule has 0 bridgehead atoms. The molecule has 0 saturated heterocycles. The minimum absolute atomic E-state index is 0.0722. The van der Waals surface area contributed by atoms with Gasteiger partial charge in [0, 0.05) is 20.6 Å². The molecule has 0 aliphatic heterocycles. The van der Waals surface area contributed by atoms with Gasteiger partial charge >= 0.3 is 0 Å². The van der Waals surface area contributed by atoms with Crippen LogP contribution in [0.4, 0.5) is 0 Å². The van der Waals surface area contributed by atoms with Crippen molar-refractivity contribution in [2.45, 2.75) is 26.2 Å². The summed E-state index contributed by atoms with van der Waals surface area (Å²) in [6, 6.07) is 20.4. The van der Waals surface area contributed by atoms with Gasteiger partial charge in [-0.3, -0.25) is 4.79 Å². The van der Waals surface area contributed by atoms with Gasteiger partial charge in [-0.25, -0.2) is 0 Å². The molecule has 138 valence electrons. The number of hydrogen-bond donors (Lipinski definition) is 0. The summed E-state index contributed by atoms with van der Waals surface area (Å²) < 4.78 is 6.54. The first-order chi connectivity index (χ1) is 13.1. The van der Waals surface area contributed by atoms with Gasteiger partial charge < -0.3 is 4.74 Å². The molecule has 0 radical (unpaired) electrons. The number of para-hydroxylation sites is 1. The fraction of sp³-hybridized carbons (Fsp3) is 0.174. The number of carbonyl (C=O) groups excluding carboxylic acids is 1. The van der Waals surface area contributed by atoms with Crippen LogP contribution >= 0.6 is 27.5 Å². The minimum Gasteiger partial charge on any atom is -0.457 e. The molecular weight excluding hydrogens is 424 g/mol. The second kappa shape index (κ2) is 9.20. The van der Waals surface area contributed by atoms with Crippen LogP contribution < -0.4 is 4.74 Å². The van der Waals surface area contributed by atoms with E-state index >= 15 is 0 Å².